The first kappa shape index (κ1) is 38.3. The molecule has 294 valence electrons. The van der Waals surface area contributed by atoms with Crippen LogP contribution in [0, 0.1) is 23.7 Å². The number of allylic oxidation sites excluding steroid dienone is 2. The average Bonchev–Trinajstić information content (AvgIpc) is 3.56. The molecule has 3 heterocycles. The molecule has 3 fully saturated rings. The highest BCUT2D eigenvalue weighted by molar-refractivity contribution is 6.33. The largest absolute Gasteiger partial charge is 0.502 e. The summed E-state index contributed by atoms with van der Waals surface area (Å²) in [5.41, 5.74) is 1.78. The van der Waals surface area contributed by atoms with Gasteiger partial charge in [0.15, 0.2) is 17.3 Å². The van der Waals surface area contributed by atoms with Gasteiger partial charge in [0.05, 0.1) is 54.5 Å². The minimum atomic E-state index is -4.76. The van der Waals surface area contributed by atoms with Gasteiger partial charge in [0.25, 0.3) is 11.8 Å². The van der Waals surface area contributed by atoms with Crippen molar-refractivity contribution < 1.29 is 46.9 Å². The monoisotopic (exact) mass is 820 g/mol. The van der Waals surface area contributed by atoms with Gasteiger partial charge >= 0.3 is 6.18 Å². The number of hydrogen-bond donors (Lipinski definition) is 2. The summed E-state index contributed by atoms with van der Waals surface area (Å²) >= 11 is 12.6. The molecule has 4 aliphatic rings. The fraction of sp³-hybridized carbons (Fsp3) is 0.293. The lowest BCUT2D eigenvalue weighted by Crippen LogP contribution is -2.53. The van der Waals surface area contributed by atoms with Crippen molar-refractivity contribution in [3.05, 3.63) is 123 Å². The van der Waals surface area contributed by atoms with Gasteiger partial charge in [0.1, 0.15) is 0 Å². The molecule has 11 nitrogen and oxygen atoms in total. The molecule has 8 rings (SSSR count). The first-order valence-corrected chi connectivity index (χ1v) is 18.6. The van der Waals surface area contributed by atoms with Gasteiger partial charge in [-0.1, -0.05) is 77.3 Å². The van der Waals surface area contributed by atoms with Crippen LogP contribution in [0.2, 0.25) is 10.0 Å². The van der Waals surface area contributed by atoms with E-state index in [0.717, 1.165) is 5.56 Å². The molecule has 4 amide bonds. The van der Waals surface area contributed by atoms with Crippen LogP contribution in [0.1, 0.15) is 41.0 Å². The van der Waals surface area contributed by atoms with Crippen molar-refractivity contribution in [2.24, 2.45) is 23.7 Å². The van der Waals surface area contributed by atoms with Crippen LogP contribution in [0.4, 0.5) is 19.0 Å². The van der Waals surface area contributed by atoms with Gasteiger partial charge < -0.3 is 14.6 Å². The Balaban J connectivity index is 1.32. The van der Waals surface area contributed by atoms with Gasteiger partial charge in [0.2, 0.25) is 17.6 Å². The normalized spacial score (nSPS) is 25.5. The molecule has 57 heavy (non-hydrogen) atoms. The molecule has 0 spiro atoms. The summed E-state index contributed by atoms with van der Waals surface area (Å²) in [5, 5.41) is 11.5. The third-order valence-corrected chi connectivity index (χ3v) is 12.2. The summed E-state index contributed by atoms with van der Waals surface area (Å²) in [6.45, 7) is 0.0531. The number of methoxy groups -OCH3 is 2. The molecule has 16 heteroatoms. The Morgan fingerprint density at radius 3 is 2.19 bits per heavy atom. The molecule has 1 saturated carbocycles. The third kappa shape index (κ3) is 5.99. The van der Waals surface area contributed by atoms with Gasteiger partial charge in [-0.25, -0.2) is 4.98 Å². The van der Waals surface area contributed by atoms with Crippen molar-refractivity contribution in [1.82, 2.24) is 14.9 Å². The SMILES string of the molecule is COc1cc([C@H]2C3=CC[C@@H]4C(=O)N(Cc5ccccc5)C(=O)[C@@H]4[C@@H]3C[C@H]3C(=O)N(Nc4ncc(C(F)(F)F)cc4Cl)C(=O)[C@@]23c2ccc(Cl)cc2)cc(OC)c1O. The molecule has 3 aromatic carbocycles. The molecular formula is C41H33Cl2F3N4O7. The number of alkyl halides is 3. The van der Waals surface area contributed by atoms with Crippen LogP contribution in [0.3, 0.4) is 0 Å². The fourth-order valence-corrected chi connectivity index (χ4v) is 9.56. The topological polar surface area (TPSA) is 138 Å². The number of aromatic nitrogens is 1. The second kappa shape index (κ2) is 14.1. The smallest absolute Gasteiger partial charge is 0.417 e. The molecule has 0 bridgehead atoms. The number of aromatic hydroxyl groups is 1. The number of hydrazine groups is 1. The number of hydrogen-bond acceptors (Lipinski definition) is 9. The Morgan fingerprint density at radius 2 is 1.58 bits per heavy atom. The molecule has 2 aliphatic carbocycles. The minimum Gasteiger partial charge on any atom is -0.502 e. The van der Waals surface area contributed by atoms with E-state index in [1.54, 1.807) is 24.3 Å². The molecule has 6 atom stereocenters. The number of phenolic OH excluding ortho intramolecular Hbond substituents is 1. The first-order chi connectivity index (χ1) is 27.2. The van der Waals surface area contributed by atoms with Gasteiger partial charge in [-0.05, 0) is 65.8 Å². The third-order valence-electron chi connectivity index (χ3n) is 11.7. The summed E-state index contributed by atoms with van der Waals surface area (Å²) in [5.74, 6) is -7.66. The van der Waals surface area contributed by atoms with E-state index in [0.29, 0.717) is 39.0 Å². The van der Waals surface area contributed by atoms with Gasteiger partial charge in [0, 0.05) is 17.1 Å². The van der Waals surface area contributed by atoms with Crippen LogP contribution in [-0.4, -0.2) is 57.8 Å². The van der Waals surface area contributed by atoms with Gasteiger partial charge in [-0.2, -0.15) is 18.2 Å². The van der Waals surface area contributed by atoms with Crippen molar-refractivity contribution in [2.45, 2.75) is 36.9 Å². The predicted octanol–water partition coefficient (Wildman–Crippen LogP) is 7.32. The number of nitrogens with one attached hydrogen (secondary N) is 1. The first-order valence-electron chi connectivity index (χ1n) is 17.9. The standard InChI is InChI=1S/C41H33Cl2F3N4O7/c1-56-30-14-21(15-31(57-2)34(30)51)33-25-12-13-26-32(38(54)49(36(26)52)19-20-6-4-3-5-7-20)27(25)17-28-37(53)50(39(55)40(28,33)22-8-10-24(42)11-9-22)48-35-29(43)16-23(18-47-35)41(44,45)46/h3-12,14-16,18,26-28,32-33,51H,13,17,19H2,1-2H3,(H,47,48)/t26-,27+,28-,32-,33-,40+/m0/s1. The molecule has 0 radical (unpaired) electrons. The maximum atomic E-state index is 15.4. The quantitative estimate of drug-likeness (QED) is 0.138. The van der Waals surface area contributed by atoms with Gasteiger partial charge in [-0.3, -0.25) is 29.5 Å². The lowest BCUT2D eigenvalue weighted by molar-refractivity contribution is -0.142. The summed E-state index contributed by atoms with van der Waals surface area (Å²) in [6, 6.07) is 19.1. The van der Waals surface area contributed by atoms with Gasteiger partial charge in [-0.15, -0.1) is 0 Å². The Bertz CT molecular complexity index is 2340. The van der Waals surface area contributed by atoms with Crippen LogP contribution >= 0.6 is 23.2 Å². The highest BCUT2D eigenvalue weighted by Gasteiger charge is 2.70. The van der Waals surface area contributed by atoms with Crippen LogP contribution in [0.25, 0.3) is 0 Å². The van der Waals surface area contributed by atoms with Crippen molar-refractivity contribution in [1.29, 1.82) is 0 Å². The summed E-state index contributed by atoms with van der Waals surface area (Å²) in [4.78, 5) is 63.9. The number of benzene rings is 3. The van der Waals surface area contributed by atoms with Crippen LogP contribution in [0.5, 0.6) is 17.2 Å². The molecule has 2 N–H and O–H groups in total. The van der Waals surface area contributed by atoms with Crippen LogP contribution in [-0.2, 0) is 37.3 Å². The van der Waals surface area contributed by atoms with Crippen molar-refractivity contribution in [3.8, 4) is 17.2 Å². The average molecular weight is 822 g/mol. The number of imide groups is 2. The fourth-order valence-electron chi connectivity index (χ4n) is 9.23. The zero-order valence-electron chi connectivity index (χ0n) is 30.2. The van der Waals surface area contributed by atoms with E-state index in [1.165, 1.54) is 31.3 Å². The number of likely N-dealkylation sites (tertiary alicyclic amines) is 1. The molecular weight excluding hydrogens is 788 g/mol. The Hall–Kier alpha value is -5.60. The van der Waals surface area contributed by atoms with E-state index in [-0.39, 0.29) is 48.4 Å². The number of pyridine rings is 1. The lowest BCUT2D eigenvalue weighted by atomic mass is 9.49. The van der Waals surface area contributed by atoms with E-state index in [9.17, 15) is 32.7 Å². The highest BCUT2D eigenvalue weighted by atomic mass is 35.5. The maximum absolute atomic E-state index is 15.4. The second-order valence-electron chi connectivity index (χ2n) is 14.4. The van der Waals surface area contributed by atoms with E-state index in [1.807, 2.05) is 36.4 Å². The highest BCUT2D eigenvalue weighted by Crippen LogP contribution is 2.65. The number of nitrogens with zero attached hydrogens (tertiary/aromatic N) is 3. The van der Waals surface area contributed by atoms with Crippen LogP contribution in [0.15, 0.2) is 90.6 Å². The van der Waals surface area contributed by atoms with E-state index < -0.39 is 69.5 Å². The van der Waals surface area contributed by atoms with Crippen molar-refractivity contribution >= 4 is 52.6 Å². The van der Waals surface area contributed by atoms with Crippen LogP contribution < -0.4 is 14.9 Å². The number of rotatable bonds is 8. The van der Waals surface area contributed by atoms with E-state index in [2.05, 4.69) is 10.4 Å². The maximum Gasteiger partial charge on any atom is 0.417 e. The lowest BCUT2D eigenvalue weighted by Gasteiger charge is -2.50. The number of anilines is 1. The summed E-state index contributed by atoms with van der Waals surface area (Å²) < 4.78 is 51.6. The number of halogens is 5. The van der Waals surface area contributed by atoms with Crippen molar-refractivity contribution in [2.75, 3.05) is 19.6 Å². The zero-order valence-corrected chi connectivity index (χ0v) is 31.7. The molecule has 2 aliphatic heterocycles. The molecule has 0 unspecified atom stereocenters. The summed E-state index contributed by atoms with van der Waals surface area (Å²) in [6.07, 6.45) is -2.28. The summed E-state index contributed by atoms with van der Waals surface area (Å²) in [7, 11) is 2.68. The number of amides is 4. The number of carbonyl (C=O) groups is 4. The van der Waals surface area contributed by atoms with E-state index >= 15 is 4.79 Å². The molecule has 2 saturated heterocycles. The molecule has 1 aromatic heterocycles. The Morgan fingerprint density at radius 1 is 0.912 bits per heavy atom. The number of ether oxygens (including phenoxy) is 2. The minimum absolute atomic E-state index is 0.00258. The Kier molecular flexibility index (Phi) is 9.47. The zero-order chi connectivity index (χ0) is 40.6. The molecule has 4 aromatic rings. The second-order valence-corrected chi connectivity index (χ2v) is 15.3. The van der Waals surface area contributed by atoms with E-state index in [4.69, 9.17) is 32.7 Å². The van der Waals surface area contributed by atoms with Crippen molar-refractivity contribution in [3.63, 3.8) is 0 Å². The number of carbonyl (C=O) groups excluding carboxylic acids is 4. The Labute approximate surface area is 333 Å². The number of phenols is 1. The predicted molar refractivity (Wildman–Crippen MR) is 200 cm³/mol. The number of fused-ring (bicyclic) bond motifs is 4.